The van der Waals surface area contributed by atoms with E-state index in [1.165, 1.54) is 0 Å². The highest BCUT2D eigenvalue weighted by molar-refractivity contribution is 5.73. The Morgan fingerprint density at radius 1 is 1.44 bits per heavy atom. The van der Waals surface area contributed by atoms with Gasteiger partial charge in [0.1, 0.15) is 6.04 Å². The summed E-state index contributed by atoms with van der Waals surface area (Å²) >= 11 is 0. The molecule has 5 nitrogen and oxygen atoms in total. The van der Waals surface area contributed by atoms with Crippen molar-refractivity contribution in [1.29, 1.82) is 0 Å². The lowest BCUT2D eigenvalue weighted by Crippen LogP contribution is -2.52. The molecule has 5 heteroatoms. The minimum absolute atomic E-state index is 0.0762. The van der Waals surface area contributed by atoms with Gasteiger partial charge in [-0.2, -0.15) is 0 Å². The predicted octanol–water partition coefficient (Wildman–Crippen LogP) is 0.794. The molecule has 1 aliphatic rings. The van der Waals surface area contributed by atoms with Crippen LogP contribution in [-0.2, 0) is 9.53 Å². The predicted molar refractivity (Wildman–Crippen MR) is 70.7 cm³/mol. The quantitative estimate of drug-likeness (QED) is 0.738. The maximum atomic E-state index is 11.1. The van der Waals surface area contributed by atoms with E-state index in [0.29, 0.717) is 12.6 Å². The van der Waals surface area contributed by atoms with Crippen molar-refractivity contribution in [2.24, 2.45) is 5.92 Å². The first-order chi connectivity index (χ1) is 8.41. The third kappa shape index (κ3) is 4.55. The molecule has 2 unspecified atom stereocenters. The van der Waals surface area contributed by atoms with Crippen LogP contribution in [-0.4, -0.2) is 60.4 Å². The van der Waals surface area contributed by atoms with Crippen LogP contribution >= 0.6 is 0 Å². The normalized spacial score (nSPS) is 23.6. The van der Waals surface area contributed by atoms with Gasteiger partial charge in [0, 0.05) is 25.7 Å². The Morgan fingerprint density at radius 3 is 2.61 bits per heavy atom. The number of morpholine rings is 1. The summed E-state index contributed by atoms with van der Waals surface area (Å²) in [5.41, 5.74) is 0. The van der Waals surface area contributed by atoms with Crippen molar-refractivity contribution >= 4 is 5.97 Å². The number of nitrogens with one attached hydrogen (secondary N) is 1. The fourth-order valence-corrected chi connectivity index (χ4v) is 2.20. The molecule has 0 spiro atoms. The lowest BCUT2D eigenvalue weighted by Gasteiger charge is -2.36. The SMILES string of the molecule is CC(C)C(NCC1CN(C(C)C)CCO1)C(=O)O. The van der Waals surface area contributed by atoms with E-state index < -0.39 is 12.0 Å². The van der Waals surface area contributed by atoms with Crippen LogP contribution in [0.25, 0.3) is 0 Å². The molecule has 1 fully saturated rings. The molecule has 2 atom stereocenters. The Labute approximate surface area is 109 Å². The van der Waals surface area contributed by atoms with Crippen molar-refractivity contribution in [3.63, 3.8) is 0 Å². The molecule has 0 saturated carbocycles. The molecule has 0 aliphatic carbocycles. The number of ether oxygens (including phenoxy) is 1. The van der Waals surface area contributed by atoms with Gasteiger partial charge in [0.2, 0.25) is 0 Å². The molecule has 0 aromatic carbocycles. The van der Waals surface area contributed by atoms with E-state index in [1.807, 2.05) is 13.8 Å². The molecule has 18 heavy (non-hydrogen) atoms. The maximum absolute atomic E-state index is 11.1. The lowest BCUT2D eigenvalue weighted by atomic mass is 10.0. The molecule has 1 saturated heterocycles. The van der Waals surface area contributed by atoms with Crippen LogP contribution in [0.15, 0.2) is 0 Å². The fraction of sp³-hybridized carbons (Fsp3) is 0.923. The van der Waals surface area contributed by atoms with Gasteiger partial charge in [-0.05, 0) is 19.8 Å². The Hall–Kier alpha value is -0.650. The molecular weight excluding hydrogens is 232 g/mol. The van der Waals surface area contributed by atoms with Crippen molar-refractivity contribution in [3.8, 4) is 0 Å². The highest BCUT2D eigenvalue weighted by atomic mass is 16.5. The number of hydrogen-bond acceptors (Lipinski definition) is 4. The van der Waals surface area contributed by atoms with Gasteiger partial charge in [0.05, 0.1) is 12.7 Å². The minimum Gasteiger partial charge on any atom is -0.480 e. The van der Waals surface area contributed by atoms with Gasteiger partial charge >= 0.3 is 5.97 Å². The summed E-state index contributed by atoms with van der Waals surface area (Å²) in [7, 11) is 0. The molecule has 0 radical (unpaired) electrons. The van der Waals surface area contributed by atoms with Crippen molar-refractivity contribution < 1.29 is 14.6 Å². The van der Waals surface area contributed by atoms with Crippen LogP contribution in [0.3, 0.4) is 0 Å². The van der Waals surface area contributed by atoms with E-state index in [9.17, 15) is 4.79 Å². The number of hydrogen-bond donors (Lipinski definition) is 2. The standard InChI is InChI=1S/C13H26N2O3/c1-9(2)12(13(16)17)14-7-11-8-15(10(3)4)5-6-18-11/h9-12,14H,5-8H2,1-4H3,(H,16,17). The molecule has 2 N–H and O–H groups in total. The van der Waals surface area contributed by atoms with E-state index in [1.54, 1.807) is 0 Å². The van der Waals surface area contributed by atoms with E-state index in [0.717, 1.165) is 19.7 Å². The second-order valence-corrected chi connectivity index (χ2v) is 5.55. The highest BCUT2D eigenvalue weighted by Crippen LogP contribution is 2.09. The zero-order valence-electron chi connectivity index (χ0n) is 11.8. The third-order valence-corrected chi connectivity index (χ3v) is 3.40. The number of aliphatic carboxylic acids is 1. The van der Waals surface area contributed by atoms with Crippen LogP contribution in [0, 0.1) is 5.92 Å². The molecule has 106 valence electrons. The summed E-state index contributed by atoms with van der Waals surface area (Å²) < 4.78 is 5.67. The first kappa shape index (κ1) is 15.4. The highest BCUT2D eigenvalue weighted by Gasteiger charge is 2.25. The first-order valence-corrected chi connectivity index (χ1v) is 6.73. The van der Waals surface area contributed by atoms with E-state index in [-0.39, 0.29) is 12.0 Å². The molecule has 1 heterocycles. The number of carboxylic acids is 1. The summed E-state index contributed by atoms with van der Waals surface area (Å²) in [6, 6.07) is 0.0137. The summed E-state index contributed by atoms with van der Waals surface area (Å²) in [5, 5.41) is 12.2. The Bertz CT molecular complexity index is 269. The second kappa shape index (κ2) is 7.07. The van der Waals surface area contributed by atoms with Crippen LogP contribution in [0.5, 0.6) is 0 Å². The first-order valence-electron chi connectivity index (χ1n) is 6.73. The maximum Gasteiger partial charge on any atom is 0.320 e. The van der Waals surface area contributed by atoms with Crippen LogP contribution < -0.4 is 5.32 Å². The number of rotatable bonds is 6. The molecule has 0 aromatic rings. The Balaban J connectivity index is 2.40. The number of carbonyl (C=O) groups is 1. The fourth-order valence-electron chi connectivity index (χ4n) is 2.20. The van der Waals surface area contributed by atoms with Crippen molar-refractivity contribution in [1.82, 2.24) is 10.2 Å². The summed E-state index contributed by atoms with van der Waals surface area (Å²) in [5.74, 6) is -0.714. The van der Waals surface area contributed by atoms with Gasteiger partial charge in [-0.1, -0.05) is 13.8 Å². The minimum atomic E-state index is -0.790. The Morgan fingerprint density at radius 2 is 2.11 bits per heavy atom. The monoisotopic (exact) mass is 258 g/mol. The summed E-state index contributed by atoms with van der Waals surface area (Å²) in [4.78, 5) is 13.4. The summed E-state index contributed by atoms with van der Waals surface area (Å²) in [6.45, 7) is 11.3. The zero-order chi connectivity index (χ0) is 13.7. The molecule has 0 aromatic heterocycles. The number of carboxylic acid groups (broad SMARTS) is 1. The van der Waals surface area contributed by atoms with E-state index in [2.05, 4.69) is 24.1 Å². The van der Waals surface area contributed by atoms with Gasteiger partial charge in [-0.3, -0.25) is 9.69 Å². The smallest absolute Gasteiger partial charge is 0.320 e. The molecular formula is C13H26N2O3. The van der Waals surface area contributed by atoms with Gasteiger partial charge < -0.3 is 15.2 Å². The van der Waals surface area contributed by atoms with Gasteiger partial charge in [-0.25, -0.2) is 0 Å². The van der Waals surface area contributed by atoms with Gasteiger partial charge in [0.25, 0.3) is 0 Å². The van der Waals surface area contributed by atoms with Gasteiger partial charge in [-0.15, -0.1) is 0 Å². The average molecular weight is 258 g/mol. The number of nitrogens with zero attached hydrogens (tertiary/aromatic N) is 1. The third-order valence-electron chi connectivity index (χ3n) is 3.40. The van der Waals surface area contributed by atoms with Crippen LogP contribution in [0.1, 0.15) is 27.7 Å². The Kier molecular flexibility index (Phi) is 6.05. The van der Waals surface area contributed by atoms with Gasteiger partial charge in [0.15, 0.2) is 0 Å². The van der Waals surface area contributed by atoms with E-state index >= 15 is 0 Å². The average Bonchev–Trinajstić information content (AvgIpc) is 2.28. The molecule has 0 amide bonds. The summed E-state index contributed by atoms with van der Waals surface area (Å²) in [6.07, 6.45) is 0.0850. The molecule has 1 aliphatic heterocycles. The lowest BCUT2D eigenvalue weighted by molar-refractivity contribution is -0.141. The second-order valence-electron chi connectivity index (χ2n) is 5.55. The van der Waals surface area contributed by atoms with Crippen LogP contribution in [0.2, 0.25) is 0 Å². The van der Waals surface area contributed by atoms with E-state index in [4.69, 9.17) is 9.84 Å². The van der Waals surface area contributed by atoms with Crippen LogP contribution in [0.4, 0.5) is 0 Å². The van der Waals surface area contributed by atoms with Crippen molar-refractivity contribution in [2.45, 2.75) is 45.9 Å². The van der Waals surface area contributed by atoms with Crippen molar-refractivity contribution in [2.75, 3.05) is 26.2 Å². The largest absolute Gasteiger partial charge is 0.480 e. The van der Waals surface area contributed by atoms with Crippen molar-refractivity contribution in [3.05, 3.63) is 0 Å². The molecule has 0 bridgehead atoms. The zero-order valence-corrected chi connectivity index (χ0v) is 11.8. The molecule has 1 rings (SSSR count). The topological polar surface area (TPSA) is 61.8 Å².